The van der Waals surface area contributed by atoms with Crippen LogP contribution in [0.2, 0.25) is 0 Å². The van der Waals surface area contributed by atoms with Crippen molar-refractivity contribution in [2.24, 2.45) is 5.73 Å². The number of halogens is 1. The Morgan fingerprint density at radius 3 is 2.50 bits per heavy atom. The molecular formula is C13H9FN2O4. The van der Waals surface area contributed by atoms with Crippen molar-refractivity contribution < 1.29 is 23.8 Å². The molecule has 0 aliphatic carbocycles. The summed E-state index contributed by atoms with van der Waals surface area (Å²) in [4.78, 5) is 25.2. The maximum atomic E-state index is 13.5. The van der Waals surface area contributed by atoms with Crippen molar-refractivity contribution in [3.8, 4) is 11.5 Å². The predicted molar refractivity (Wildman–Crippen MR) is 66.2 cm³/mol. The summed E-state index contributed by atoms with van der Waals surface area (Å²) >= 11 is 0. The van der Waals surface area contributed by atoms with E-state index < -0.39 is 17.7 Å². The van der Waals surface area contributed by atoms with Gasteiger partial charge >= 0.3 is 5.97 Å². The first-order chi connectivity index (χ1) is 9.47. The number of carboxylic acid groups (broad SMARTS) is 1. The van der Waals surface area contributed by atoms with E-state index in [1.54, 1.807) is 0 Å². The molecule has 1 amide bonds. The van der Waals surface area contributed by atoms with Crippen molar-refractivity contribution in [3.05, 3.63) is 53.6 Å². The van der Waals surface area contributed by atoms with Crippen LogP contribution in [0.15, 0.2) is 36.5 Å². The maximum Gasteiger partial charge on any atom is 0.354 e. The van der Waals surface area contributed by atoms with Crippen molar-refractivity contribution >= 4 is 11.9 Å². The SMILES string of the molecule is NC(=O)c1ccc(Oc2ccnc(C(=O)O)c2)cc1F. The molecule has 0 aliphatic heterocycles. The van der Waals surface area contributed by atoms with Gasteiger partial charge in [-0.2, -0.15) is 0 Å². The van der Waals surface area contributed by atoms with Gasteiger partial charge in [-0.3, -0.25) is 4.79 Å². The van der Waals surface area contributed by atoms with Gasteiger partial charge in [0.1, 0.15) is 17.3 Å². The zero-order chi connectivity index (χ0) is 14.7. The van der Waals surface area contributed by atoms with Gasteiger partial charge in [0.2, 0.25) is 0 Å². The monoisotopic (exact) mass is 276 g/mol. The Kier molecular flexibility index (Phi) is 3.60. The summed E-state index contributed by atoms with van der Waals surface area (Å²) in [6.07, 6.45) is 1.26. The second-order valence-electron chi connectivity index (χ2n) is 3.79. The number of nitrogens with zero attached hydrogens (tertiary/aromatic N) is 1. The van der Waals surface area contributed by atoms with Gasteiger partial charge in [0.05, 0.1) is 5.56 Å². The first-order valence-electron chi connectivity index (χ1n) is 5.44. The summed E-state index contributed by atoms with van der Waals surface area (Å²) in [7, 11) is 0. The summed E-state index contributed by atoms with van der Waals surface area (Å²) in [5.74, 6) is -2.61. The average molecular weight is 276 g/mol. The third kappa shape index (κ3) is 2.89. The largest absolute Gasteiger partial charge is 0.477 e. The van der Waals surface area contributed by atoms with E-state index in [0.717, 1.165) is 6.07 Å². The lowest BCUT2D eigenvalue weighted by Gasteiger charge is -2.07. The molecule has 0 aliphatic rings. The van der Waals surface area contributed by atoms with E-state index in [4.69, 9.17) is 15.6 Å². The Morgan fingerprint density at radius 1 is 1.20 bits per heavy atom. The lowest BCUT2D eigenvalue weighted by Crippen LogP contribution is -2.12. The van der Waals surface area contributed by atoms with Crippen molar-refractivity contribution in [1.29, 1.82) is 0 Å². The number of primary amides is 1. The fraction of sp³-hybridized carbons (Fsp3) is 0. The highest BCUT2D eigenvalue weighted by Crippen LogP contribution is 2.23. The zero-order valence-corrected chi connectivity index (χ0v) is 10.0. The number of nitrogens with two attached hydrogens (primary N) is 1. The van der Waals surface area contributed by atoms with Crippen molar-refractivity contribution in [2.45, 2.75) is 0 Å². The Labute approximate surface area is 112 Å². The van der Waals surface area contributed by atoms with Crippen LogP contribution in [0.5, 0.6) is 11.5 Å². The number of aromatic carboxylic acids is 1. The number of hydrogen-bond acceptors (Lipinski definition) is 4. The Morgan fingerprint density at radius 2 is 1.90 bits per heavy atom. The number of benzene rings is 1. The predicted octanol–water partition coefficient (Wildman–Crippen LogP) is 1.81. The van der Waals surface area contributed by atoms with Gasteiger partial charge in [0.25, 0.3) is 5.91 Å². The second-order valence-corrected chi connectivity index (χ2v) is 3.79. The summed E-state index contributed by atoms with van der Waals surface area (Å²) in [6.45, 7) is 0. The summed E-state index contributed by atoms with van der Waals surface area (Å²) < 4.78 is 18.8. The third-order valence-corrected chi connectivity index (χ3v) is 2.39. The molecule has 0 bridgehead atoms. The minimum Gasteiger partial charge on any atom is -0.477 e. The molecule has 20 heavy (non-hydrogen) atoms. The smallest absolute Gasteiger partial charge is 0.354 e. The van der Waals surface area contributed by atoms with Gasteiger partial charge in [-0.1, -0.05) is 0 Å². The number of carbonyl (C=O) groups is 2. The first-order valence-corrected chi connectivity index (χ1v) is 5.44. The number of carbonyl (C=O) groups excluding carboxylic acids is 1. The van der Waals surface area contributed by atoms with E-state index in [-0.39, 0.29) is 22.8 Å². The van der Waals surface area contributed by atoms with E-state index in [2.05, 4.69) is 4.98 Å². The lowest BCUT2D eigenvalue weighted by molar-refractivity contribution is 0.0689. The highest BCUT2D eigenvalue weighted by atomic mass is 19.1. The molecule has 1 aromatic heterocycles. The highest BCUT2D eigenvalue weighted by molar-refractivity contribution is 5.93. The van der Waals surface area contributed by atoms with Crippen molar-refractivity contribution in [1.82, 2.24) is 4.98 Å². The van der Waals surface area contributed by atoms with E-state index >= 15 is 0 Å². The van der Waals surface area contributed by atoms with Crippen molar-refractivity contribution in [2.75, 3.05) is 0 Å². The summed E-state index contributed by atoms with van der Waals surface area (Å²) in [5.41, 5.74) is 4.53. The molecule has 0 saturated carbocycles. The molecule has 1 heterocycles. The number of ether oxygens (including phenoxy) is 1. The van der Waals surface area contributed by atoms with Crippen LogP contribution in [0.25, 0.3) is 0 Å². The Balaban J connectivity index is 2.26. The molecule has 0 atom stereocenters. The van der Waals surface area contributed by atoms with Crippen LogP contribution < -0.4 is 10.5 Å². The molecule has 1 aromatic carbocycles. The number of amides is 1. The molecule has 0 radical (unpaired) electrons. The third-order valence-electron chi connectivity index (χ3n) is 2.39. The molecule has 0 unspecified atom stereocenters. The van der Waals surface area contributed by atoms with Crippen LogP contribution in [0.1, 0.15) is 20.8 Å². The van der Waals surface area contributed by atoms with Crippen LogP contribution in [0.4, 0.5) is 4.39 Å². The summed E-state index contributed by atoms with van der Waals surface area (Å²) in [5, 5.41) is 8.79. The number of carboxylic acids is 1. The van der Waals surface area contributed by atoms with E-state index in [0.29, 0.717) is 0 Å². The normalized spacial score (nSPS) is 10.1. The van der Waals surface area contributed by atoms with E-state index in [9.17, 15) is 14.0 Å². The van der Waals surface area contributed by atoms with E-state index in [1.165, 1.54) is 30.5 Å². The highest BCUT2D eigenvalue weighted by Gasteiger charge is 2.11. The van der Waals surface area contributed by atoms with E-state index in [1.807, 2.05) is 0 Å². The minimum atomic E-state index is -1.20. The first kappa shape index (κ1) is 13.5. The second kappa shape index (κ2) is 5.35. The maximum absolute atomic E-state index is 13.5. The molecule has 0 fully saturated rings. The standard InChI is InChI=1S/C13H9FN2O4/c14-10-5-7(1-2-9(10)12(15)17)20-8-3-4-16-11(6-8)13(18)19/h1-6H,(H2,15,17)(H,18,19). The van der Waals surface area contributed by atoms with Gasteiger partial charge in [-0.25, -0.2) is 14.2 Å². The number of aromatic nitrogens is 1. The fourth-order valence-electron chi connectivity index (χ4n) is 1.49. The van der Waals surface area contributed by atoms with Gasteiger partial charge in [-0.05, 0) is 18.2 Å². The Hall–Kier alpha value is -2.96. The van der Waals surface area contributed by atoms with Gasteiger partial charge in [0, 0.05) is 18.3 Å². The molecule has 6 nitrogen and oxygen atoms in total. The van der Waals surface area contributed by atoms with Gasteiger partial charge in [-0.15, -0.1) is 0 Å². The molecular weight excluding hydrogens is 267 g/mol. The number of hydrogen-bond donors (Lipinski definition) is 2. The van der Waals surface area contributed by atoms with Gasteiger partial charge < -0.3 is 15.6 Å². The van der Waals surface area contributed by atoms with Crippen LogP contribution in [-0.4, -0.2) is 22.0 Å². The molecule has 2 rings (SSSR count). The van der Waals surface area contributed by atoms with Crippen molar-refractivity contribution in [3.63, 3.8) is 0 Å². The average Bonchev–Trinajstić information content (AvgIpc) is 2.38. The molecule has 102 valence electrons. The topological polar surface area (TPSA) is 103 Å². The Bertz CT molecular complexity index is 688. The van der Waals surface area contributed by atoms with Crippen LogP contribution in [0.3, 0.4) is 0 Å². The molecule has 7 heteroatoms. The molecule has 3 N–H and O–H groups in total. The molecule has 0 spiro atoms. The fourth-order valence-corrected chi connectivity index (χ4v) is 1.49. The van der Waals surface area contributed by atoms with Crippen LogP contribution in [0, 0.1) is 5.82 Å². The molecule has 2 aromatic rings. The zero-order valence-electron chi connectivity index (χ0n) is 10.0. The van der Waals surface area contributed by atoms with Crippen LogP contribution >= 0.6 is 0 Å². The minimum absolute atomic E-state index is 0.107. The number of pyridine rings is 1. The lowest BCUT2D eigenvalue weighted by atomic mass is 10.2. The number of rotatable bonds is 4. The van der Waals surface area contributed by atoms with Gasteiger partial charge in [0.15, 0.2) is 5.69 Å². The quantitative estimate of drug-likeness (QED) is 0.886. The molecule has 0 saturated heterocycles. The summed E-state index contributed by atoms with van der Waals surface area (Å²) in [6, 6.07) is 6.14. The van der Waals surface area contributed by atoms with Crippen LogP contribution in [-0.2, 0) is 0 Å².